The van der Waals surface area contributed by atoms with Crippen molar-refractivity contribution in [2.45, 2.75) is 47.6 Å². The van der Waals surface area contributed by atoms with E-state index in [1.807, 2.05) is 11.3 Å². The molecule has 0 atom stereocenters. The summed E-state index contributed by atoms with van der Waals surface area (Å²) in [6, 6.07) is 4.49. The fraction of sp³-hybridized carbons (Fsp3) is 0.714. The second kappa shape index (κ2) is 5.83. The molecule has 0 saturated heterocycles. The van der Waals surface area contributed by atoms with Gasteiger partial charge in [-0.25, -0.2) is 0 Å². The summed E-state index contributed by atoms with van der Waals surface area (Å²) in [5, 5.41) is 3.57. The Bertz CT molecular complexity index is 312. The van der Waals surface area contributed by atoms with Crippen LogP contribution in [0.3, 0.4) is 0 Å². The van der Waals surface area contributed by atoms with E-state index >= 15 is 0 Å². The van der Waals surface area contributed by atoms with Gasteiger partial charge in [-0.15, -0.1) is 11.3 Å². The van der Waals surface area contributed by atoms with Gasteiger partial charge < -0.3 is 5.32 Å². The zero-order valence-electron chi connectivity index (χ0n) is 11.3. The topological polar surface area (TPSA) is 12.0 Å². The summed E-state index contributed by atoms with van der Waals surface area (Å²) < 4.78 is 0. The van der Waals surface area contributed by atoms with Crippen molar-refractivity contribution in [3.8, 4) is 0 Å². The molecule has 0 spiro atoms. The van der Waals surface area contributed by atoms with Gasteiger partial charge in [-0.2, -0.15) is 0 Å². The van der Waals surface area contributed by atoms with E-state index in [-0.39, 0.29) is 0 Å². The van der Waals surface area contributed by atoms with E-state index < -0.39 is 0 Å². The van der Waals surface area contributed by atoms with E-state index in [1.165, 1.54) is 9.75 Å². The van der Waals surface area contributed by atoms with Crippen LogP contribution in [0.1, 0.15) is 44.4 Å². The molecule has 0 amide bonds. The predicted molar refractivity (Wildman–Crippen MR) is 74.0 cm³/mol. The lowest BCUT2D eigenvalue weighted by atomic mass is 9.81. The highest BCUT2D eigenvalue weighted by atomic mass is 32.1. The summed E-state index contributed by atoms with van der Waals surface area (Å²) in [7, 11) is 0. The molecule has 0 fully saturated rings. The lowest BCUT2D eigenvalue weighted by Crippen LogP contribution is -2.32. The molecule has 2 heteroatoms. The fourth-order valence-electron chi connectivity index (χ4n) is 1.42. The molecular weight excluding hydrogens is 214 g/mol. The Morgan fingerprint density at radius 1 is 1.25 bits per heavy atom. The van der Waals surface area contributed by atoms with Crippen molar-refractivity contribution in [1.82, 2.24) is 5.32 Å². The van der Waals surface area contributed by atoms with E-state index in [9.17, 15) is 0 Å². The van der Waals surface area contributed by atoms with Crippen molar-refractivity contribution >= 4 is 11.3 Å². The maximum Gasteiger partial charge on any atom is 0.0300 e. The molecule has 1 aromatic heterocycles. The lowest BCUT2D eigenvalue weighted by molar-refractivity contribution is 0.238. The molecule has 0 aliphatic carbocycles. The normalized spacial score (nSPS) is 12.4. The minimum absolute atomic E-state index is 0.380. The molecule has 1 aromatic rings. The molecule has 1 rings (SSSR count). The summed E-state index contributed by atoms with van der Waals surface area (Å²) in [6.45, 7) is 13.6. The summed E-state index contributed by atoms with van der Waals surface area (Å²) >= 11 is 1.93. The zero-order chi connectivity index (χ0) is 12.2. The predicted octanol–water partition coefficient (Wildman–Crippen LogP) is 4.08. The van der Waals surface area contributed by atoms with Crippen molar-refractivity contribution < 1.29 is 0 Å². The summed E-state index contributed by atoms with van der Waals surface area (Å²) in [6.07, 6.45) is 1.15. The number of aryl methyl sites for hydroxylation is 1. The Kier molecular flexibility index (Phi) is 5.00. The Hall–Kier alpha value is -0.340. The highest BCUT2D eigenvalue weighted by Gasteiger charge is 2.21. The van der Waals surface area contributed by atoms with Crippen LogP contribution in [0.15, 0.2) is 12.1 Å². The Balaban J connectivity index is 2.35. The van der Waals surface area contributed by atoms with E-state index in [0.29, 0.717) is 5.41 Å². The van der Waals surface area contributed by atoms with Crippen molar-refractivity contribution in [3.63, 3.8) is 0 Å². The van der Waals surface area contributed by atoms with Gasteiger partial charge in [0.1, 0.15) is 0 Å². The van der Waals surface area contributed by atoms with Crippen LogP contribution in [0.2, 0.25) is 0 Å². The summed E-state index contributed by atoms with van der Waals surface area (Å²) in [5.41, 5.74) is 0.380. The number of thiophene rings is 1. The van der Waals surface area contributed by atoms with Crippen molar-refractivity contribution in [2.75, 3.05) is 6.54 Å². The average molecular weight is 239 g/mol. The number of rotatable bonds is 6. The highest BCUT2D eigenvalue weighted by Crippen LogP contribution is 2.25. The van der Waals surface area contributed by atoms with Crippen LogP contribution in [0, 0.1) is 11.3 Å². The molecule has 0 bridgehead atoms. The minimum Gasteiger partial charge on any atom is -0.311 e. The number of hydrogen-bond donors (Lipinski definition) is 1. The van der Waals surface area contributed by atoms with Crippen molar-refractivity contribution in [1.29, 1.82) is 0 Å². The van der Waals surface area contributed by atoms with Crippen LogP contribution in [0.4, 0.5) is 0 Å². The van der Waals surface area contributed by atoms with Crippen LogP contribution in [0.5, 0.6) is 0 Å². The molecule has 0 saturated carbocycles. The first kappa shape index (κ1) is 13.7. The number of hydrogen-bond acceptors (Lipinski definition) is 2. The third kappa shape index (κ3) is 3.91. The second-order valence-corrected chi connectivity index (χ2v) is 6.72. The van der Waals surface area contributed by atoms with Crippen LogP contribution >= 0.6 is 11.3 Å². The van der Waals surface area contributed by atoms with Gasteiger partial charge in [0, 0.05) is 22.8 Å². The molecular formula is C14H25NS. The van der Waals surface area contributed by atoms with E-state index in [2.05, 4.69) is 52.1 Å². The molecule has 0 aliphatic heterocycles. The van der Waals surface area contributed by atoms with Crippen molar-refractivity contribution in [3.05, 3.63) is 21.9 Å². The van der Waals surface area contributed by atoms with E-state index in [0.717, 1.165) is 25.4 Å². The highest BCUT2D eigenvalue weighted by molar-refractivity contribution is 7.11. The quantitative estimate of drug-likeness (QED) is 0.788. The Labute approximate surface area is 104 Å². The first-order valence-corrected chi connectivity index (χ1v) is 7.05. The SMILES string of the molecule is CCc1ccc(CNCC(C)(C)C(C)C)s1. The summed E-state index contributed by atoms with van der Waals surface area (Å²) in [5.74, 6) is 0.717. The summed E-state index contributed by atoms with van der Waals surface area (Å²) in [4.78, 5) is 2.94. The van der Waals surface area contributed by atoms with Crippen LogP contribution in [-0.2, 0) is 13.0 Å². The average Bonchev–Trinajstić information content (AvgIpc) is 2.65. The van der Waals surface area contributed by atoms with Gasteiger partial charge in [0.2, 0.25) is 0 Å². The minimum atomic E-state index is 0.380. The number of nitrogens with one attached hydrogen (secondary N) is 1. The van der Waals surface area contributed by atoms with E-state index in [4.69, 9.17) is 0 Å². The van der Waals surface area contributed by atoms with Crippen LogP contribution in [-0.4, -0.2) is 6.54 Å². The van der Waals surface area contributed by atoms with Crippen LogP contribution in [0.25, 0.3) is 0 Å². The molecule has 0 radical (unpaired) electrons. The van der Waals surface area contributed by atoms with Gasteiger partial charge in [-0.3, -0.25) is 0 Å². The second-order valence-electron chi connectivity index (χ2n) is 5.47. The van der Waals surface area contributed by atoms with Crippen LogP contribution < -0.4 is 5.32 Å². The lowest BCUT2D eigenvalue weighted by Gasteiger charge is -2.29. The largest absolute Gasteiger partial charge is 0.311 e. The molecule has 1 nitrogen and oxygen atoms in total. The molecule has 0 aliphatic rings. The monoisotopic (exact) mass is 239 g/mol. The molecule has 1 N–H and O–H groups in total. The van der Waals surface area contributed by atoms with Gasteiger partial charge in [-0.05, 0) is 29.9 Å². The Morgan fingerprint density at radius 3 is 2.38 bits per heavy atom. The molecule has 1 heterocycles. The maximum atomic E-state index is 3.57. The smallest absolute Gasteiger partial charge is 0.0300 e. The molecule has 16 heavy (non-hydrogen) atoms. The fourth-order valence-corrected chi connectivity index (χ4v) is 2.35. The molecule has 0 aromatic carbocycles. The first-order valence-electron chi connectivity index (χ1n) is 6.24. The Morgan fingerprint density at radius 2 is 1.88 bits per heavy atom. The van der Waals surface area contributed by atoms with E-state index in [1.54, 1.807) is 0 Å². The third-order valence-corrected chi connectivity index (χ3v) is 4.74. The third-order valence-electron chi connectivity index (χ3n) is 3.51. The zero-order valence-corrected chi connectivity index (χ0v) is 12.1. The van der Waals surface area contributed by atoms with Gasteiger partial charge in [-0.1, -0.05) is 34.6 Å². The van der Waals surface area contributed by atoms with Gasteiger partial charge in [0.15, 0.2) is 0 Å². The molecule has 0 unspecified atom stereocenters. The first-order chi connectivity index (χ1) is 7.45. The van der Waals surface area contributed by atoms with Gasteiger partial charge in [0.05, 0.1) is 0 Å². The standard InChI is InChI=1S/C14H25NS/c1-6-12-7-8-13(16-12)9-15-10-14(4,5)11(2)3/h7-8,11,15H,6,9-10H2,1-5H3. The van der Waals surface area contributed by atoms with Gasteiger partial charge >= 0.3 is 0 Å². The maximum absolute atomic E-state index is 3.57. The van der Waals surface area contributed by atoms with Crippen molar-refractivity contribution in [2.24, 2.45) is 11.3 Å². The molecule has 92 valence electrons. The van der Waals surface area contributed by atoms with Gasteiger partial charge in [0.25, 0.3) is 0 Å².